The molecule has 8 heteroatoms. The highest BCUT2D eigenvalue weighted by molar-refractivity contribution is 8.08. The standard InChI is InChI=1S/C29H28.C17H16O6S2/c1-5-14-24(15-6-1)28(25-16-7-2-8-17-25)22-13-23-29(26-18-9-3-10-19-26)27-20-11-4-12-21-27;18-16(14-7-3-1-4-8-14)11-24(20,21)13-25(22,23)12-17(19)15-9-5-2-6-10-15/h1-12,14-21,28-29H,13,22-23H2;1-10H,11-13H2. The van der Waals surface area contributed by atoms with Crippen LogP contribution in [0.5, 0.6) is 0 Å². The molecule has 0 saturated heterocycles. The molecule has 0 heterocycles. The number of carbonyl (C=O) groups excluding carboxylic acids is 2. The van der Waals surface area contributed by atoms with E-state index in [0.29, 0.717) is 11.8 Å². The van der Waals surface area contributed by atoms with Gasteiger partial charge in [-0.15, -0.1) is 0 Å². The van der Waals surface area contributed by atoms with Crippen LogP contribution < -0.4 is 0 Å². The van der Waals surface area contributed by atoms with E-state index in [1.165, 1.54) is 52.9 Å². The van der Waals surface area contributed by atoms with Gasteiger partial charge in [0.25, 0.3) is 0 Å². The first kappa shape index (κ1) is 39.8. The van der Waals surface area contributed by atoms with Crippen molar-refractivity contribution in [2.24, 2.45) is 0 Å². The van der Waals surface area contributed by atoms with Crippen molar-refractivity contribution in [2.45, 2.75) is 31.1 Å². The second kappa shape index (κ2) is 19.6. The molecule has 6 aromatic rings. The highest BCUT2D eigenvalue weighted by Gasteiger charge is 2.28. The normalized spacial score (nSPS) is 11.4. The Hall–Kier alpha value is -5.44. The molecule has 276 valence electrons. The van der Waals surface area contributed by atoms with Crippen LogP contribution in [0.4, 0.5) is 0 Å². The lowest BCUT2D eigenvalue weighted by molar-refractivity contribution is 0.101. The van der Waals surface area contributed by atoms with Gasteiger partial charge in [-0.1, -0.05) is 188 Å². The highest BCUT2D eigenvalue weighted by Crippen LogP contribution is 2.34. The Labute approximate surface area is 319 Å². The Morgan fingerprint density at radius 1 is 0.370 bits per heavy atom. The second-order valence-electron chi connectivity index (χ2n) is 13.2. The zero-order valence-electron chi connectivity index (χ0n) is 30.0. The highest BCUT2D eigenvalue weighted by atomic mass is 32.3. The first-order chi connectivity index (χ1) is 26.1. The van der Waals surface area contributed by atoms with Crippen LogP contribution >= 0.6 is 0 Å². The van der Waals surface area contributed by atoms with Crippen LogP contribution in [-0.4, -0.2) is 45.0 Å². The van der Waals surface area contributed by atoms with Gasteiger partial charge in [0.1, 0.15) is 11.5 Å². The van der Waals surface area contributed by atoms with E-state index < -0.39 is 47.8 Å². The lowest BCUT2D eigenvalue weighted by Gasteiger charge is -2.22. The van der Waals surface area contributed by atoms with E-state index in [1.54, 1.807) is 36.4 Å². The predicted molar refractivity (Wildman–Crippen MR) is 217 cm³/mol. The summed E-state index contributed by atoms with van der Waals surface area (Å²) in [6.45, 7) is 0. The van der Waals surface area contributed by atoms with Crippen LogP contribution in [0.25, 0.3) is 0 Å². The Morgan fingerprint density at radius 3 is 0.870 bits per heavy atom. The molecule has 0 spiro atoms. The number of Topliss-reactive ketones (excluding diaryl/α,β-unsaturated/α-hetero) is 2. The molecule has 0 atom stereocenters. The minimum atomic E-state index is -4.20. The van der Waals surface area contributed by atoms with Crippen molar-refractivity contribution in [2.75, 3.05) is 16.6 Å². The molecule has 0 radical (unpaired) electrons. The number of ketones is 2. The molecule has 0 N–H and O–H groups in total. The van der Waals surface area contributed by atoms with Crippen LogP contribution in [-0.2, 0) is 19.7 Å². The van der Waals surface area contributed by atoms with Gasteiger partial charge in [-0.05, 0) is 35.1 Å². The number of benzene rings is 6. The molecule has 6 nitrogen and oxygen atoms in total. The van der Waals surface area contributed by atoms with Crippen molar-refractivity contribution >= 4 is 31.2 Å². The first-order valence-electron chi connectivity index (χ1n) is 17.9. The third-order valence-corrected chi connectivity index (χ3v) is 13.3. The maximum Gasteiger partial charge on any atom is 0.177 e. The van der Waals surface area contributed by atoms with Gasteiger partial charge in [0.2, 0.25) is 0 Å². The monoisotopic (exact) mass is 756 g/mol. The lowest BCUT2D eigenvalue weighted by atomic mass is 9.83. The van der Waals surface area contributed by atoms with Crippen molar-refractivity contribution in [1.82, 2.24) is 0 Å². The van der Waals surface area contributed by atoms with E-state index in [-0.39, 0.29) is 11.1 Å². The minimum Gasteiger partial charge on any atom is -0.293 e. The first-order valence-corrected chi connectivity index (χ1v) is 21.5. The molecule has 6 rings (SSSR count). The Balaban J connectivity index is 0.000000210. The zero-order chi connectivity index (χ0) is 38.2. The fraction of sp³-hybridized carbons (Fsp3) is 0.174. The van der Waals surface area contributed by atoms with Gasteiger partial charge in [0.05, 0.1) is 0 Å². The molecule has 54 heavy (non-hydrogen) atoms. The topological polar surface area (TPSA) is 102 Å². The third kappa shape index (κ3) is 12.3. The van der Waals surface area contributed by atoms with E-state index >= 15 is 0 Å². The maximum atomic E-state index is 12.0. The second-order valence-corrected chi connectivity index (χ2v) is 17.6. The number of hydrogen-bond donors (Lipinski definition) is 0. The van der Waals surface area contributed by atoms with Crippen LogP contribution in [0, 0.1) is 0 Å². The number of rotatable bonds is 16. The van der Waals surface area contributed by atoms with Gasteiger partial charge in [0.15, 0.2) is 36.3 Å². The fourth-order valence-electron chi connectivity index (χ4n) is 6.49. The zero-order valence-corrected chi connectivity index (χ0v) is 31.6. The van der Waals surface area contributed by atoms with Gasteiger partial charge in [-0.2, -0.15) is 0 Å². The van der Waals surface area contributed by atoms with Crippen LogP contribution in [0.2, 0.25) is 0 Å². The smallest absolute Gasteiger partial charge is 0.177 e. The largest absolute Gasteiger partial charge is 0.293 e. The molecule has 6 aromatic carbocycles. The molecular weight excluding hydrogens is 713 g/mol. The van der Waals surface area contributed by atoms with Crippen molar-refractivity contribution in [3.05, 3.63) is 215 Å². The summed E-state index contributed by atoms with van der Waals surface area (Å²) in [5.74, 6) is -2.32. The number of sulfone groups is 2. The molecule has 0 aliphatic rings. The number of carbonyl (C=O) groups is 2. The molecule has 0 aliphatic carbocycles. The van der Waals surface area contributed by atoms with Crippen LogP contribution in [0.1, 0.15) is 74.1 Å². The summed E-state index contributed by atoms with van der Waals surface area (Å²) >= 11 is 0. The lowest BCUT2D eigenvalue weighted by Crippen LogP contribution is -2.28. The quantitative estimate of drug-likeness (QED) is 0.0913. The molecule has 0 aliphatic heterocycles. The van der Waals surface area contributed by atoms with Gasteiger partial charge in [0, 0.05) is 23.0 Å². The Morgan fingerprint density at radius 2 is 0.611 bits per heavy atom. The molecule has 0 amide bonds. The summed E-state index contributed by atoms with van der Waals surface area (Å²) in [5.41, 5.74) is 6.02. The summed E-state index contributed by atoms with van der Waals surface area (Å²) < 4.78 is 48.1. The summed E-state index contributed by atoms with van der Waals surface area (Å²) in [7, 11) is -8.41. The van der Waals surface area contributed by atoms with Crippen LogP contribution in [0.3, 0.4) is 0 Å². The van der Waals surface area contributed by atoms with Gasteiger partial charge < -0.3 is 0 Å². The summed E-state index contributed by atoms with van der Waals surface area (Å²) in [4.78, 5) is 23.9. The average molecular weight is 757 g/mol. The average Bonchev–Trinajstić information content (AvgIpc) is 3.19. The summed E-state index contributed by atoms with van der Waals surface area (Å²) in [5, 5.41) is -1.24. The third-order valence-electron chi connectivity index (χ3n) is 9.05. The van der Waals surface area contributed by atoms with Crippen molar-refractivity contribution in [1.29, 1.82) is 0 Å². The van der Waals surface area contributed by atoms with E-state index in [9.17, 15) is 26.4 Å². The molecule has 0 unspecified atom stereocenters. The molecule has 0 fully saturated rings. The number of hydrogen-bond acceptors (Lipinski definition) is 6. The van der Waals surface area contributed by atoms with E-state index in [4.69, 9.17) is 0 Å². The van der Waals surface area contributed by atoms with Crippen molar-refractivity contribution in [3.63, 3.8) is 0 Å². The predicted octanol–water partition coefficient (Wildman–Crippen LogP) is 9.36. The van der Waals surface area contributed by atoms with E-state index in [1.807, 2.05) is 0 Å². The minimum absolute atomic E-state index is 0.184. The molecule has 0 bridgehead atoms. The fourth-order valence-corrected chi connectivity index (χ4v) is 10.5. The summed E-state index contributed by atoms with van der Waals surface area (Å²) in [6, 6.07) is 59.2. The van der Waals surface area contributed by atoms with Gasteiger partial charge in [-0.25, -0.2) is 16.8 Å². The van der Waals surface area contributed by atoms with Gasteiger partial charge in [-0.3, -0.25) is 9.59 Å². The van der Waals surface area contributed by atoms with Crippen LogP contribution in [0.15, 0.2) is 182 Å². The SMILES string of the molecule is O=C(CS(=O)(=O)CS(=O)(=O)CC(=O)c1ccccc1)c1ccccc1.c1ccc(C(CCCC(c2ccccc2)c2ccccc2)c2ccccc2)cc1. The van der Waals surface area contributed by atoms with Crippen molar-refractivity contribution < 1.29 is 26.4 Å². The molecule has 0 aromatic heterocycles. The van der Waals surface area contributed by atoms with E-state index in [0.717, 1.165) is 12.8 Å². The maximum absolute atomic E-state index is 12.0. The molecular formula is C46H44O6S2. The molecule has 0 saturated carbocycles. The van der Waals surface area contributed by atoms with E-state index in [2.05, 4.69) is 121 Å². The Kier molecular flexibility index (Phi) is 14.4. The van der Waals surface area contributed by atoms with Gasteiger partial charge >= 0.3 is 0 Å². The van der Waals surface area contributed by atoms with Crippen molar-refractivity contribution in [3.8, 4) is 0 Å². The summed E-state index contributed by atoms with van der Waals surface area (Å²) in [6.07, 6.45) is 3.50. The Bertz CT molecular complexity index is 2020.